The van der Waals surface area contributed by atoms with E-state index in [0.29, 0.717) is 5.92 Å². The largest absolute Gasteiger partial charge is 0.389 e. The highest BCUT2D eigenvalue weighted by atomic mass is 35.5. The van der Waals surface area contributed by atoms with E-state index in [4.69, 9.17) is 11.6 Å². The van der Waals surface area contributed by atoms with E-state index in [1.54, 1.807) is 0 Å². The summed E-state index contributed by atoms with van der Waals surface area (Å²) in [6.07, 6.45) is 4.41. The van der Waals surface area contributed by atoms with E-state index in [1.165, 1.54) is 5.56 Å². The van der Waals surface area contributed by atoms with Crippen LogP contribution in [0.3, 0.4) is 0 Å². The van der Waals surface area contributed by atoms with Gasteiger partial charge in [0.05, 0.1) is 6.10 Å². The first-order valence-electron chi connectivity index (χ1n) is 4.37. The minimum absolute atomic E-state index is 0.277. The van der Waals surface area contributed by atoms with Gasteiger partial charge in [0.25, 0.3) is 0 Å². The highest BCUT2D eigenvalue weighted by Gasteiger charge is 2.17. The first kappa shape index (κ1) is 8.79. The topological polar surface area (TPSA) is 20.2 Å². The zero-order valence-corrected chi connectivity index (χ0v) is 7.91. The second-order valence-corrected chi connectivity index (χ2v) is 3.78. The van der Waals surface area contributed by atoms with E-state index in [0.717, 1.165) is 11.4 Å². The summed E-state index contributed by atoms with van der Waals surface area (Å²) in [5.41, 5.74) is 1.22. The van der Waals surface area contributed by atoms with Crippen LogP contribution < -0.4 is 0 Å². The number of aliphatic hydroxyl groups is 1. The lowest BCUT2D eigenvalue weighted by atomic mass is 9.98. The fraction of sp³-hybridized carbons (Fsp3) is 0.273. The van der Waals surface area contributed by atoms with Crippen LogP contribution in [0.15, 0.2) is 36.4 Å². The third-order valence-corrected chi connectivity index (χ3v) is 2.61. The Morgan fingerprint density at radius 2 is 1.85 bits per heavy atom. The molecule has 1 N–H and O–H groups in total. The van der Waals surface area contributed by atoms with E-state index in [1.807, 2.05) is 36.4 Å². The second-order valence-electron chi connectivity index (χ2n) is 3.35. The Hall–Kier alpha value is -0.790. The molecule has 0 aliphatic heterocycles. The van der Waals surface area contributed by atoms with E-state index in [2.05, 4.69) is 0 Å². The van der Waals surface area contributed by atoms with Crippen LogP contribution in [0.2, 0.25) is 5.02 Å². The molecular formula is C11H11ClO. The minimum Gasteiger partial charge on any atom is -0.389 e. The molecule has 0 saturated heterocycles. The lowest BCUT2D eigenvalue weighted by Crippen LogP contribution is -2.00. The van der Waals surface area contributed by atoms with Crippen LogP contribution in [0.25, 0.3) is 0 Å². The Balaban J connectivity index is 2.18. The number of hydrogen-bond donors (Lipinski definition) is 1. The van der Waals surface area contributed by atoms with Crippen molar-refractivity contribution in [1.29, 1.82) is 0 Å². The molecule has 68 valence electrons. The zero-order valence-electron chi connectivity index (χ0n) is 7.15. The second kappa shape index (κ2) is 3.52. The van der Waals surface area contributed by atoms with Crippen LogP contribution in [0, 0.1) is 0 Å². The van der Waals surface area contributed by atoms with Gasteiger partial charge in [-0.15, -0.1) is 0 Å². The van der Waals surface area contributed by atoms with Gasteiger partial charge in [-0.2, -0.15) is 0 Å². The maximum atomic E-state index is 9.30. The standard InChI is InChI=1S/C11H11ClO/c12-10-4-1-8(2-5-10)9-3-6-11(13)7-9/h1-6,9,11,13H,7H2. The highest BCUT2D eigenvalue weighted by molar-refractivity contribution is 6.30. The predicted molar refractivity (Wildman–Crippen MR) is 54.0 cm³/mol. The molecule has 13 heavy (non-hydrogen) atoms. The lowest BCUT2D eigenvalue weighted by Gasteiger charge is -2.08. The summed E-state index contributed by atoms with van der Waals surface area (Å²) in [5.74, 6) is 0.354. The average molecular weight is 195 g/mol. The SMILES string of the molecule is OC1C=CC(c2ccc(Cl)cc2)C1. The third kappa shape index (κ3) is 1.93. The van der Waals surface area contributed by atoms with Crippen molar-refractivity contribution < 1.29 is 5.11 Å². The van der Waals surface area contributed by atoms with Gasteiger partial charge in [0, 0.05) is 10.9 Å². The van der Waals surface area contributed by atoms with Crippen LogP contribution in [0.1, 0.15) is 17.9 Å². The monoisotopic (exact) mass is 194 g/mol. The van der Waals surface area contributed by atoms with Crippen molar-refractivity contribution in [1.82, 2.24) is 0 Å². The molecule has 0 saturated carbocycles. The molecule has 0 bridgehead atoms. The van der Waals surface area contributed by atoms with Crippen LogP contribution in [-0.2, 0) is 0 Å². The van der Waals surface area contributed by atoms with Gasteiger partial charge in [0.15, 0.2) is 0 Å². The molecule has 2 heteroatoms. The van der Waals surface area contributed by atoms with Crippen molar-refractivity contribution >= 4 is 11.6 Å². The maximum absolute atomic E-state index is 9.30. The molecule has 0 amide bonds. The zero-order chi connectivity index (χ0) is 9.26. The van der Waals surface area contributed by atoms with Crippen molar-refractivity contribution in [3.05, 3.63) is 47.0 Å². The Morgan fingerprint density at radius 1 is 1.15 bits per heavy atom. The molecule has 0 spiro atoms. The van der Waals surface area contributed by atoms with E-state index in [9.17, 15) is 5.11 Å². The Bertz CT molecular complexity index is 315. The molecule has 0 aromatic heterocycles. The van der Waals surface area contributed by atoms with E-state index in [-0.39, 0.29) is 6.10 Å². The molecule has 1 aliphatic carbocycles. The Labute approximate surface area is 82.7 Å². The Morgan fingerprint density at radius 3 is 2.38 bits per heavy atom. The van der Waals surface area contributed by atoms with Crippen molar-refractivity contribution in [3.63, 3.8) is 0 Å². The van der Waals surface area contributed by atoms with Crippen molar-refractivity contribution in [2.75, 3.05) is 0 Å². The molecule has 2 rings (SSSR count). The quantitative estimate of drug-likeness (QED) is 0.682. The molecular weight excluding hydrogens is 184 g/mol. The van der Waals surface area contributed by atoms with Gasteiger partial charge in [0.2, 0.25) is 0 Å². The summed E-state index contributed by atoms with van der Waals surface area (Å²) in [7, 11) is 0. The van der Waals surface area contributed by atoms with Gasteiger partial charge >= 0.3 is 0 Å². The summed E-state index contributed by atoms with van der Waals surface area (Å²) in [6.45, 7) is 0. The van der Waals surface area contributed by atoms with Crippen molar-refractivity contribution in [2.45, 2.75) is 18.4 Å². The molecule has 1 aliphatic rings. The summed E-state index contributed by atoms with van der Waals surface area (Å²) >= 11 is 5.78. The molecule has 0 radical (unpaired) electrons. The number of benzene rings is 1. The summed E-state index contributed by atoms with van der Waals surface area (Å²) in [6, 6.07) is 7.79. The normalized spacial score (nSPS) is 26.6. The minimum atomic E-state index is -0.277. The van der Waals surface area contributed by atoms with Crippen LogP contribution in [-0.4, -0.2) is 11.2 Å². The molecule has 2 unspecified atom stereocenters. The molecule has 1 aromatic rings. The van der Waals surface area contributed by atoms with E-state index < -0.39 is 0 Å². The summed E-state index contributed by atoms with van der Waals surface area (Å²) in [5, 5.41) is 10.1. The number of hydrogen-bond acceptors (Lipinski definition) is 1. The molecule has 0 fully saturated rings. The molecule has 1 nitrogen and oxygen atoms in total. The maximum Gasteiger partial charge on any atom is 0.0729 e. The molecule has 0 heterocycles. The fourth-order valence-electron chi connectivity index (χ4n) is 1.64. The van der Waals surface area contributed by atoms with Gasteiger partial charge in [0.1, 0.15) is 0 Å². The van der Waals surface area contributed by atoms with Gasteiger partial charge in [-0.25, -0.2) is 0 Å². The third-order valence-electron chi connectivity index (χ3n) is 2.36. The van der Waals surface area contributed by atoms with E-state index >= 15 is 0 Å². The predicted octanol–water partition coefficient (Wildman–Crippen LogP) is 2.74. The highest BCUT2D eigenvalue weighted by Crippen LogP contribution is 2.29. The summed E-state index contributed by atoms with van der Waals surface area (Å²) < 4.78 is 0. The van der Waals surface area contributed by atoms with Gasteiger partial charge in [-0.3, -0.25) is 0 Å². The number of rotatable bonds is 1. The lowest BCUT2D eigenvalue weighted by molar-refractivity contribution is 0.218. The number of aliphatic hydroxyl groups excluding tert-OH is 1. The first-order valence-corrected chi connectivity index (χ1v) is 4.75. The molecule has 2 atom stereocenters. The van der Waals surface area contributed by atoms with Crippen molar-refractivity contribution in [2.24, 2.45) is 0 Å². The summed E-state index contributed by atoms with van der Waals surface area (Å²) in [4.78, 5) is 0. The Kier molecular flexibility index (Phi) is 2.38. The number of allylic oxidation sites excluding steroid dienone is 1. The number of halogens is 1. The smallest absolute Gasteiger partial charge is 0.0729 e. The van der Waals surface area contributed by atoms with Gasteiger partial charge < -0.3 is 5.11 Å². The van der Waals surface area contributed by atoms with Crippen LogP contribution in [0.4, 0.5) is 0 Å². The van der Waals surface area contributed by atoms with Gasteiger partial charge in [-0.05, 0) is 24.1 Å². The average Bonchev–Trinajstić information content (AvgIpc) is 2.53. The molecule has 1 aromatic carbocycles. The van der Waals surface area contributed by atoms with Crippen LogP contribution >= 0.6 is 11.6 Å². The fourth-order valence-corrected chi connectivity index (χ4v) is 1.76. The van der Waals surface area contributed by atoms with Gasteiger partial charge in [-0.1, -0.05) is 35.9 Å². The van der Waals surface area contributed by atoms with Crippen molar-refractivity contribution in [3.8, 4) is 0 Å². The van der Waals surface area contributed by atoms with Crippen LogP contribution in [0.5, 0.6) is 0 Å². The first-order chi connectivity index (χ1) is 6.25.